The van der Waals surface area contributed by atoms with Crippen LogP contribution in [0.5, 0.6) is 5.75 Å². The summed E-state index contributed by atoms with van der Waals surface area (Å²) in [6.45, 7) is 1.45. The van der Waals surface area contributed by atoms with E-state index in [9.17, 15) is 9.59 Å². The normalized spacial score (nSPS) is 10.4. The maximum atomic E-state index is 11.2. The predicted octanol–water partition coefficient (Wildman–Crippen LogP) is 2.00. The number of aliphatic carboxylic acids is 1. The number of carbonyl (C=O) groups is 2. The van der Waals surface area contributed by atoms with Gasteiger partial charge in [-0.2, -0.15) is 0 Å². The number of hydrogen-bond acceptors (Lipinski definition) is 3. The molecule has 0 aliphatic rings. The first-order valence-corrected chi connectivity index (χ1v) is 4.64. The SMILES string of the molecule is COc1ccc(C(C)=O)cc1C=CC(=O)O. The minimum Gasteiger partial charge on any atom is -0.496 e. The van der Waals surface area contributed by atoms with Crippen LogP contribution in [-0.4, -0.2) is 24.0 Å². The summed E-state index contributed by atoms with van der Waals surface area (Å²) < 4.78 is 5.06. The van der Waals surface area contributed by atoms with Crippen molar-refractivity contribution >= 4 is 17.8 Å². The van der Waals surface area contributed by atoms with Gasteiger partial charge in [0.2, 0.25) is 0 Å². The van der Waals surface area contributed by atoms with Gasteiger partial charge in [0, 0.05) is 17.2 Å². The van der Waals surface area contributed by atoms with Crippen LogP contribution in [0.2, 0.25) is 0 Å². The second-order valence-corrected chi connectivity index (χ2v) is 3.18. The van der Waals surface area contributed by atoms with E-state index in [0.717, 1.165) is 6.08 Å². The molecule has 0 atom stereocenters. The predicted molar refractivity (Wildman–Crippen MR) is 59.7 cm³/mol. The van der Waals surface area contributed by atoms with E-state index in [1.54, 1.807) is 18.2 Å². The van der Waals surface area contributed by atoms with E-state index in [1.165, 1.54) is 20.1 Å². The molecule has 0 fully saturated rings. The minimum absolute atomic E-state index is 0.0763. The summed E-state index contributed by atoms with van der Waals surface area (Å²) in [7, 11) is 1.49. The Morgan fingerprint density at radius 3 is 2.56 bits per heavy atom. The molecule has 0 heterocycles. The summed E-state index contributed by atoms with van der Waals surface area (Å²) in [6, 6.07) is 4.87. The van der Waals surface area contributed by atoms with Crippen LogP contribution in [-0.2, 0) is 4.79 Å². The number of carboxylic acids is 1. The number of ketones is 1. The molecule has 4 nitrogen and oxygen atoms in total. The molecule has 0 aliphatic carbocycles. The number of ether oxygens (including phenoxy) is 1. The first kappa shape index (κ1) is 12.0. The third-order valence-corrected chi connectivity index (χ3v) is 2.04. The molecule has 0 saturated heterocycles. The van der Waals surface area contributed by atoms with Crippen LogP contribution in [0.4, 0.5) is 0 Å². The second kappa shape index (κ2) is 5.11. The third kappa shape index (κ3) is 2.95. The van der Waals surface area contributed by atoms with Gasteiger partial charge in [-0.1, -0.05) is 0 Å². The summed E-state index contributed by atoms with van der Waals surface area (Å²) in [5, 5.41) is 8.52. The van der Waals surface area contributed by atoms with Gasteiger partial charge in [0.15, 0.2) is 5.78 Å². The Labute approximate surface area is 93.2 Å². The lowest BCUT2D eigenvalue weighted by Gasteiger charge is -2.05. The lowest BCUT2D eigenvalue weighted by Crippen LogP contribution is -1.95. The van der Waals surface area contributed by atoms with E-state index >= 15 is 0 Å². The highest BCUT2D eigenvalue weighted by atomic mass is 16.5. The van der Waals surface area contributed by atoms with E-state index in [0.29, 0.717) is 16.9 Å². The van der Waals surface area contributed by atoms with Gasteiger partial charge in [0.1, 0.15) is 5.75 Å². The van der Waals surface area contributed by atoms with E-state index in [1.807, 2.05) is 0 Å². The van der Waals surface area contributed by atoms with Crippen LogP contribution < -0.4 is 4.74 Å². The molecule has 0 unspecified atom stereocenters. The maximum absolute atomic E-state index is 11.2. The molecule has 16 heavy (non-hydrogen) atoms. The summed E-state index contributed by atoms with van der Waals surface area (Å²) in [5.74, 6) is -0.592. The van der Waals surface area contributed by atoms with Gasteiger partial charge in [0.05, 0.1) is 7.11 Å². The third-order valence-electron chi connectivity index (χ3n) is 2.04. The van der Waals surface area contributed by atoms with Crippen molar-refractivity contribution in [3.63, 3.8) is 0 Å². The smallest absolute Gasteiger partial charge is 0.328 e. The van der Waals surface area contributed by atoms with Crippen molar-refractivity contribution in [2.75, 3.05) is 7.11 Å². The molecule has 0 spiro atoms. The van der Waals surface area contributed by atoms with Gasteiger partial charge in [-0.05, 0) is 31.2 Å². The molecule has 0 bridgehead atoms. The first-order chi connectivity index (χ1) is 7.54. The Hall–Kier alpha value is -2.10. The number of carboxylic acid groups (broad SMARTS) is 1. The highest BCUT2D eigenvalue weighted by Gasteiger charge is 2.05. The Morgan fingerprint density at radius 2 is 2.06 bits per heavy atom. The molecule has 0 saturated carbocycles. The zero-order chi connectivity index (χ0) is 12.1. The van der Waals surface area contributed by atoms with Crippen LogP contribution >= 0.6 is 0 Å². The Kier molecular flexibility index (Phi) is 3.83. The van der Waals surface area contributed by atoms with Gasteiger partial charge in [-0.15, -0.1) is 0 Å². The van der Waals surface area contributed by atoms with Gasteiger partial charge >= 0.3 is 5.97 Å². The van der Waals surface area contributed by atoms with Crippen LogP contribution in [0.25, 0.3) is 6.08 Å². The number of carbonyl (C=O) groups excluding carboxylic acids is 1. The molecule has 0 aliphatic heterocycles. The summed E-state index contributed by atoms with van der Waals surface area (Å²) in [4.78, 5) is 21.6. The molecule has 1 aromatic carbocycles. The quantitative estimate of drug-likeness (QED) is 0.622. The monoisotopic (exact) mass is 220 g/mol. The maximum Gasteiger partial charge on any atom is 0.328 e. The number of methoxy groups -OCH3 is 1. The molecular formula is C12H12O4. The highest BCUT2D eigenvalue weighted by Crippen LogP contribution is 2.21. The molecule has 0 aromatic heterocycles. The molecule has 0 amide bonds. The number of Topliss-reactive ketones (excluding diaryl/α,β-unsaturated/α-hetero) is 1. The highest BCUT2D eigenvalue weighted by molar-refractivity contribution is 5.95. The molecule has 84 valence electrons. The van der Waals surface area contributed by atoms with Crippen molar-refractivity contribution in [3.05, 3.63) is 35.4 Å². The molecule has 1 rings (SSSR count). The molecular weight excluding hydrogens is 208 g/mol. The van der Waals surface area contributed by atoms with Crippen LogP contribution in [0, 0.1) is 0 Å². The van der Waals surface area contributed by atoms with E-state index in [4.69, 9.17) is 9.84 Å². The van der Waals surface area contributed by atoms with Gasteiger partial charge in [-0.25, -0.2) is 4.79 Å². The lowest BCUT2D eigenvalue weighted by molar-refractivity contribution is -0.131. The van der Waals surface area contributed by atoms with Crippen LogP contribution in [0.1, 0.15) is 22.8 Å². The zero-order valence-electron chi connectivity index (χ0n) is 9.06. The van der Waals surface area contributed by atoms with E-state index in [-0.39, 0.29) is 5.78 Å². The average Bonchev–Trinajstić information content (AvgIpc) is 2.25. The molecule has 4 heteroatoms. The van der Waals surface area contributed by atoms with Crippen molar-refractivity contribution in [1.29, 1.82) is 0 Å². The van der Waals surface area contributed by atoms with Crippen molar-refractivity contribution in [2.24, 2.45) is 0 Å². The number of hydrogen-bond donors (Lipinski definition) is 1. The van der Waals surface area contributed by atoms with Crippen molar-refractivity contribution in [2.45, 2.75) is 6.92 Å². The molecule has 1 aromatic rings. The Morgan fingerprint density at radius 1 is 1.38 bits per heavy atom. The van der Waals surface area contributed by atoms with Crippen LogP contribution in [0.15, 0.2) is 24.3 Å². The average molecular weight is 220 g/mol. The number of rotatable bonds is 4. The minimum atomic E-state index is -1.05. The fourth-order valence-corrected chi connectivity index (χ4v) is 1.24. The lowest BCUT2D eigenvalue weighted by atomic mass is 10.1. The van der Waals surface area contributed by atoms with E-state index < -0.39 is 5.97 Å². The van der Waals surface area contributed by atoms with Crippen LogP contribution in [0.3, 0.4) is 0 Å². The second-order valence-electron chi connectivity index (χ2n) is 3.18. The van der Waals surface area contributed by atoms with Crippen molar-refractivity contribution in [1.82, 2.24) is 0 Å². The summed E-state index contributed by atoms with van der Waals surface area (Å²) >= 11 is 0. The van der Waals surface area contributed by atoms with Crippen molar-refractivity contribution < 1.29 is 19.4 Å². The first-order valence-electron chi connectivity index (χ1n) is 4.64. The number of benzene rings is 1. The Balaban J connectivity index is 3.16. The summed E-state index contributed by atoms with van der Waals surface area (Å²) in [6.07, 6.45) is 2.40. The fraction of sp³-hybridized carbons (Fsp3) is 0.167. The summed E-state index contributed by atoms with van der Waals surface area (Å²) in [5.41, 5.74) is 1.09. The van der Waals surface area contributed by atoms with Crippen molar-refractivity contribution in [3.8, 4) is 5.75 Å². The zero-order valence-corrected chi connectivity index (χ0v) is 9.06. The van der Waals surface area contributed by atoms with Gasteiger partial charge < -0.3 is 9.84 Å². The van der Waals surface area contributed by atoms with E-state index in [2.05, 4.69) is 0 Å². The topological polar surface area (TPSA) is 63.6 Å². The molecule has 1 N–H and O–H groups in total. The largest absolute Gasteiger partial charge is 0.496 e. The fourth-order valence-electron chi connectivity index (χ4n) is 1.24. The standard InChI is InChI=1S/C12H12O4/c1-8(13)9-3-5-11(16-2)10(7-9)4-6-12(14)15/h3-7H,1-2H3,(H,14,15). The van der Waals surface area contributed by atoms with Gasteiger partial charge in [-0.3, -0.25) is 4.79 Å². The molecule has 0 radical (unpaired) electrons. The Bertz CT molecular complexity index is 446. The van der Waals surface area contributed by atoms with Gasteiger partial charge in [0.25, 0.3) is 0 Å².